The zero-order valence-electron chi connectivity index (χ0n) is 9.90. The molecule has 0 aliphatic heterocycles. The lowest BCUT2D eigenvalue weighted by molar-refractivity contribution is -0.0821. The van der Waals surface area contributed by atoms with Crippen molar-refractivity contribution in [2.75, 3.05) is 7.11 Å². The van der Waals surface area contributed by atoms with Crippen LogP contribution in [0.2, 0.25) is 0 Å². The van der Waals surface area contributed by atoms with Gasteiger partial charge in [-0.15, -0.1) is 0 Å². The molecule has 0 aromatic carbocycles. The van der Waals surface area contributed by atoms with Crippen LogP contribution in [0, 0.1) is 5.92 Å². The molecule has 0 unspecified atom stereocenters. The van der Waals surface area contributed by atoms with E-state index in [1.54, 1.807) is 14.0 Å². The third-order valence-corrected chi connectivity index (χ3v) is 3.42. The molecule has 0 radical (unpaired) electrons. The first-order valence-electron chi connectivity index (χ1n) is 5.63. The van der Waals surface area contributed by atoms with Crippen LogP contribution in [-0.2, 0) is 4.74 Å². The molecule has 0 aromatic rings. The molecule has 0 saturated heterocycles. The molecule has 1 nitrogen and oxygen atoms in total. The van der Waals surface area contributed by atoms with Crippen molar-refractivity contribution in [1.29, 1.82) is 0 Å². The summed E-state index contributed by atoms with van der Waals surface area (Å²) in [6.07, 6.45) is 4.09. The summed E-state index contributed by atoms with van der Waals surface area (Å²) >= 11 is 0. The molecule has 2 heteroatoms. The zero-order valence-corrected chi connectivity index (χ0v) is 9.90. The first-order chi connectivity index (χ1) is 6.39. The number of methoxy groups -OCH3 is 1. The Morgan fingerprint density at radius 1 is 1.21 bits per heavy atom. The van der Waals surface area contributed by atoms with Gasteiger partial charge in [-0.25, -0.2) is 4.39 Å². The van der Waals surface area contributed by atoms with Crippen molar-refractivity contribution in [3.8, 4) is 0 Å². The molecule has 84 valence electrons. The fraction of sp³-hybridized carbons (Fsp3) is 1.00. The second kappa shape index (κ2) is 4.18. The molecule has 0 atom stereocenters. The minimum absolute atomic E-state index is 0.0419. The normalized spacial score (nSPS) is 39.0. The van der Waals surface area contributed by atoms with Crippen LogP contribution in [0.3, 0.4) is 0 Å². The molecule has 0 bridgehead atoms. The molecule has 0 spiro atoms. The maximum Gasteiger partial charge on any atom is 0.108 e. The van der Waals surface area contributed by atoms with Crippen molar-refractivity contribution < 1.29 is 9.13 Å². The maximum atomic E-state index is 13.6. The summed E-state index contributed by atoms with van der Waals surface area (Å²) in [5, 5.41) is 0. The SMILES string of the molecule is COC1(CC(C)C)CCC(C)(F)CC1. The van der Waals surface area contributed by atoms with Gasteiger partial charge in [0, 0.05) is 7.11 Å². The van der Waals surface area contributed by atoms with Gasteiger partial charge in [0.15, 0.2) is 0 Å². The molecule has 1 saturated carbocycles. The molecular weight excluding hydrogens is 179 g/mol. The summed E-state index contributed by atoms with van der Waals surface area (Å²) < 4.78 is 19.2. The van der Waals surface area contributed by atoms with Crippen LogP contribution in [-0.4, -0.2) is 18.4 Å². The summed E-state index contributed by atoms with van der Waals surface area (Å²) in [6, 6.07) is 0. The van der Waals surface area contributed by atoms with Gasteiger partial charge >= 0.3 is 0 Å². The number of hydrogen-bond acceptors (Lipinski definition) is 1. The highest BCUT2D eigenvalue weighted by atomic mass is 19.1. The van der Waals surface area contributed by atoms with E-state index in [0.717, 1.165) is 19.3 Å². The average Bonchev–Trinajstić information content (AvgIpc) is 2.09. The minimum atomic E-state index is -0.959. The highest BCUT2D eigenvalue weighted by molar-refractivity contribution is 4.92. The van der Waals surface area contributed by atoms with Crippen molar-refractivity contribution in [2.45, 2.75) is 64.1 Å². The second-order valence-corrected chi connectivity index (χ2v) is 5.40. The van der Waals surface area contributed by atoms with Gasteiger partial charge in [-0.3, -0.25) is 0 Å². The Morgan fingerprint density at radius 3 is 2.07 bits per heavy atom. The lowest BCUT2D eigenvalue weighted by atomic mass is 9.74. The average molecular weight is 202 g/mol. The van der Waals surface area contributed by atoms with E-state index in [0.29, 0.717) is 18.8 Å². The summed E-state index contributed by atoms with van der Waals surface area (Å²) in [4.78, 5) is 0. The second-order valence-electron chi connectivity index (χ2n) is 5.40. The van der Waals surface area contributed by atoms with Crippen LogP contribution in [0.5, 0.6) is 0 Å². The molecule has 0 heterocycles. The van der Waals surface area contributed by atoms with E-state index >= 15 is 0 Å². The fourth-order valence-electron chi connectivity index (χ4n) is 2.46. The Morgan fingerprint density at radius 2 is 1.71 bits per heavy atom. The summed E-state index contributed by atoms with van der Waals surface area (Å²) in [5.41, 5.74) is -1.00. The Labute approximate surface area is 87.0 Å². The third kappa shape index (κ3) is 2.94. The van der Waals surface area contributed by atoms with Gasteiger partial charge in [0.2, 0.25) is 0 Å². The molecule has 1 rings (SSSR count). The van der Waals surface area contributed by atoms with Crippen molar-refractivity contribution in [3.05, 3.63) is 0 Å². The highest BCUT2D eigenvalue weighted by Gasteiger charge is 2.40. The van der Waals surface area contributed by atoms with Crippen LogP contribution < -0.4 is 0 Å². The summed E-state index contributed by atoms with van der Waals surface area (Å²) in [6.45, 7) is 6.11. The van der Waals surface area contributed by atoms with Crippen LogP contribution in [0.15, 0.2) is 0 Å². The zero-order chi connectivity index (χ0) is 10.8. The predicted molar refractivity (Wildman–Crippen MR) is 57.2 cm³/mol. The maximum absolute atomic E-state index is 13.6. The Hall–Kier alpha value is -0.110. The third-order valence-electron chi connectivity index (χ3n) is 3.42. The van der Waals surface area contributed by atoms with Crippen LogP contribution in [0.4, 0.5) is 4.39 Å². The van der Waals surface area contributed by atoms with Crippen LogP contribution in [0.25, 0.3) is 0 Å². The molecule has 0 N–H and O–H groups in total. The molecule has 0 aromatic heterocycles. The summed E-state index contributed by atoms with van der Waals surface area (Å²) in [7, 11) is 1.77. The molecule has 14 heavy (non-hydrogen) atoms. The van der Waals surface area contributed by atoms with Gasteiger partial charge in [-0.2, -0.15) is 0 Å². The molecule has 1 aliphatic carbocycles. The minimum Gasteiger partial charge on any atom is -0.378 e. The first kappa shape index (κ1) is 12.0. The smallest absolute Gasteiger partial charge is 0.108 e. The van der Waals surface area contributed by atoms with E-state index in [9.17, 15) is 4.39 Å². The predicted octanol–water partition coefficient (Wildman–Crippen LogP) is 3.72. The van der Waals surface area contributed by atoms with E-state index in [1.165, 1.54) is 0 Å². The molecule has 1 fully saturated rings. The Kier molecular flexibility index (Phi) is 3.57. The van der Waals surface area contributed by atoms with Crippen molar-refractivity contribution >= 4 is 0 Å². The van der Waals surface area contributed by atoms with Gasteiger partial charge in [-0.1, -0.05) is 13.8 Å². The van der Waals surface area contributed by atoms with Gasteiger partial charge in [-0.05, 0) is 44.9 Å². The number of rotatable bonds is 3. The van der Waals surface area contributed by atoms with E-state index in [2.05, 4.69) is 13.8 Å². The standard InChI is InChI=1S/C12H23FO/c1-10(2)9-12(14-4)7-5-11(3,13)6-8-12/h10H,5-9H2,1-4H3. The monoisotopic (exact) mass is 202 g/mol. The van der Waals surface area contributed by atoms with E-state index in [4.69, 9.17) is 4.74 Å². The van der Waals surface area contributed by atoms with Crippen molar-refractivity contribution in [2.24, 2.45) is 5.92 Å². The van der Waals surface area contributed by atoms with Gasteiger partial charge in [0.05, 0.1) is 5.60 Å². The van der Waals surface area contributed by atoms with Crippen LogP contribution >= 0.6 is 0 Å². The van der Waals surface area contributed by atoms with Crippen molar-refractivity contribution in [1.82, 2.24) is 0 Å². The van der Waals surface area contributed by atoms with Crippen LogP contribution in [0.1, 0.15) is 52.9 Å². The topological polar surface area (TPSA) is 9.23 Å². The lowest BCUT2D eigenvalue weighted by Gasteiger charge is -2.41. The highest BCUT2D eigenvalue weighted by Crippen LogP contribution is 2.42. The molecular formula is C12H23FO. The van der Waals surface area contributed by atoms with Gasteiger partial charge in [0.25, 0.3) is 0 Å². The molecule has 0 amide bonds. The fourth-order valence-corrected chi connectivity index (χ4v) is 2.46. The number of alkyl halides is 1. The Bertz CT molecular complexity index is 177. The quantitative estimate of drug-likeness (QED) is 0.677. The Balaban J connectivity index is 2.57. The van der Waals surface area contributed by atoms with E-state index in [-0.39, 0.29) is 5.60 Å². The van der Waals surface area contributed by atoms with Gasteiger partial charge in [0.1, 0.15) is 5.67 Å². The summed E-state index contributed by atoms with van der Waals surface area (Å²) in [5.74, 6) is 0.624. The first-order valence-corrected chi connectivity index (χ1v) is 5.63. The number of hydrogen-bond donors (Lipinski definition) is 0. The largest absolute Gasteiger partial charge is 0.378 e. The van der Waals surface area contributed by atoms with E-state index < -0.39 is 5.67 Å². The molecule has 1 aliphatic rings. The van der Waals surface area contributed by atoms with Gasteiger partial charge < -0.3 is 4.74 Å². The van der Waals surface area contributed by atoms with E-state index in [1.807, 2.05) is 0 Å². The number of halogens is 1. The van der Waals surface area contributed by atoms with Crippen molar-refractivity contribution in [3.63, 3.8) is 0 Å². The number of ether oxygens (including phenoxy) is 1. The lowest BCUT2D eigenvalue weighted by Crippen LogP contribution is -2.41.